The Morgan fingerprint density at radius 3 is 2.40 bits per heavy atom. The number of rotatable bonds is 8. The van der Waals surface area contributed by atoms with Gasteiger partial charge in [-0.2, -0.15) is 0 Å². The number of guanidine groups is 1. The van der Waals surface area contributed by atoms with E-state index in [1.165, 1.54) is 5.56 Å². The summed E-state index contributed by atoms with van der Waals surface area (Å²) in [7, 11) is 3.46. The van der Waals surface area contributed by atoms with Crippen LogP contribution in [-0.2, 0) is 10.2 Å². The standard InChI is InChI=1S/C24H33N3O3/c1-25-23(26-16-20(17-28)19-6-4-3-5-7-19)27-18-24(12-14-30-15-13-24)21-8-10-22(29-2)11-9-21/h3-11,20,28H,12-18H2,1-2H3,(H2,25,26,27). The SMILES string of the molecule is CN=C(NCC(CO)c1ccccc1)NCC1(c2ccc(OC)cc2)CCOCC1. The minimum atomic E-state index is -0.0159. The fourth-order valence-corrected chi connectivity index (χ4v) is 3.98. The van der Waals surface area contributed by atoms with Crippen LogP contribution in [0, 0.1) is 0 Å². The van der Waals surface area contributed by atoms with E-state index in [4.69, 9.17) is 9.47 Å². The monoisotopic (exact) mass is 411 g/mol. The van der Waals surface area contributed by atoms with Gasteiger partial charge in [-0.25, -0.2) is 0 Å². The van der Waals surface area contributed by atoms with Crippen LogP contribution in [0.4, 0.5) is 0 Å². The molecule has 2 aromatic carbocycles. The molecule has 1 atom stereocenters. The van der Waals surface area contributed by atoms with Crippen LogP contribution in [0.3, 0.4) is 0 Å². The number of hydrogen-bond donors (Lipinski definition) is 3. The topological polar surface area (TPSA) is 75.1 Å². The molecule has 0 spiro atoms. The highest BCUT2D eigenvalue weighted by Gasteiger charge is 2.34. The minimum Gasteiger partial charge on any atom is -0.497 e. The van der Waals surface area contributed by atoms with Gasteiger partial charge in [-0.05, 0) is 36.1 Å². The second kappa shape index (κ2) is 11.0. The molecule has 6 heteroatoms. The van der Waals surface area contributed by atoms with Crippen LogP contribution in [0.2, 0.25) is 0 Å². The van der Waals surface area contributed by atoms with E-state index < -0.39 is 0 Å². The third-order valence-corrected chi connectivity index (χ3v) is 5.98. The third-order valence-electron chi connectivity index (χ3n) is 5.98. The lowest BCUT2D eigenvalue weighted by atomic mass is 9.74. The summed E-state index contributed by atoms with van der Waals surface area (Å²) in [4.78, 5) is 4.39. The van der Waals surface area contributed by atoms with Gasteiger partial charge in [0.15, 0.2) is 5.96 Å². The first-order valence-corrected chi connectivity index (χ1v) is 10.5. The average molecular weight is 412 g/mol. The summed E-state index contributed by atoms with van der Waals surface area (Å²) in [6, 6.07) is 18.4. The van der Waals surface area contributed by atoms with Gasteiger partial charge in [-0.3, -0.25) is 4.99 Å². The van der Waals surface area contributed by atoms with Gasteiger partial charge in [0.25, 0.3) is 0 Å². The van der Waals surface area contributed by atoms with E-state index >= 15 is 0 Å². The maximum atomic E-state index is 9.81. The zero-order valence-electron chi connectivity index (χ0n) is 17.9. The molecular weight excluding hydrogens is 378 g/mol. The molecule has 1 unspecified atom stereocenters. The van der Waals surface area contributed by atoms with Crippen LogP contribution in [-0.4, -0.2) is 58.1 Å². The highest BCUT2D eigenvalue weighted by molar-refractivity contribution is 5.79. The lowest BCUT2D eigenvalue weighted by Crippen LogP contribution is -2.48. The predicted octanol–water partition coefficient (Wildman–Crippen LogP) is 2.68. The fraction of sp³-hybridized carbons (Fsp3) is 0.458. The van der Waals surface area contributed by atoms with Crippen LogP contribution < -0.4 is 15.4 Å². The van der Waals surface area contributed by atoms with Crippen molar-refractivity contribution in [3.63, 3.8) is 0 Å². The van der Waals surface area contributed by atoms with Crippen molar-refractivity contribution in [1.29, 1.82) is 0 Å². The molecule has 0 amide bonds. The van der Waals surface area contributed by atoms with Crippen molar-refractivity contribution in [1.82, 2.24) is 10.6 Å². The van der Waals surface area contributed by atoms with Crippen LogP contribution in [0.5, 0.6) is 5.75 Å². The van der Waals surface area contributed by atoms with Gasteiger partial charge in [0.2, 0.25) is 0 Å². The number of nitrogens with zero attached hydrogens (tertiary/aromatic N) is 1. The first-order valence-electron chi connectivity index (χ1n) is 10.5. The van der Waals surface area contributed by atoms with Crippen molar-refractivity contribution in [2.75, 3.05) is 47.1 Å². The van der Waals surface area contributed by atoms with E-state index in [-0.39, 0.29) is 17.9 Å². The first-order chi connectivity index (χ1) is 14.7. The fourth-order valence-electron chi connectivity index (χ4n) is 3.98. The number of aliphatic hydroxyl groups is 1. The molecule has 1 heterocycles. The third kappa shape index (κ3) is 5.52. The summed E-state index contributed by atoms with van der Waals surface area (Å²) in [6.45, 7) is 2.96. The predicted molar refractivity (Wildman–Crippen MR) is 120 cm³/mol. The van der Waals surface area contributed by atoms with Crippen LogP contribution in [0.25, 0.3) is 0 Å². The summed E-state index contributed by atoms with van der Waals surface area (Å²) < 4.78 is 11.0. The average Bonchev–Trinajstić information content (AvgIpc) is 2.82. The molecule has 1 fully saturated rings. The van der Waals surface area contributed by atoms with E-state index in [2.05, 4.69) is 27.8 Å². The summed E-state index contributed by atoms with van der Waals surface area (Å²) in [5.41, 5.74) is 2.38. The molecule has 0 aromatic heterocycles. The van der Waals surface area contributed by atoms with Crippen LogP contribution in [0.15, 0.2) is 59.6 Å². The molecule has 162 valence electrons. The number of methoxy groups -OCH3 is 1. The Labute approximate surface area is 179 Å². The Morgan fingerprint density at radius 1 is 1.10 bits per heavy atom. The van der Waals surface area contributed by atoms with E-state index in [1.807, 2.05) is 42.5 Å². The number of aliphatic imine (C=N–C) groups is 1. The molecule has 1 aliphatic rings. The summed E-state index contributed by atoms with van der Waals surface area (Å²) in [5.74, 6) is 1.62. The van der Waals surface area contributed by atoms with Crippen LogP contribution in [0.1, 0.15) is 29.9 Å². The molecule has 1 aliphatic heterocycles. The second-order valence-electron chi connectivity index (χ2n) is 7.72. The number of nitrogens with one attached hydrogen (secondary N) is 2. The molecule has 1 saturated heterocycles. The van der Waals surface area contributed by atoms with Crippen LogP contribution >= 0.6 is 0 Å². The number of ether oxygens (including phenoxy) is 2. The first kappa shape index (κ1) is 22.1. The maximum Gasteiger partial charge on any atom is 0.191 e. The molecule has 2 aromatic rings. The highest BCUT2D eigenvalue weighted by atomic mass is 16.5. The zero-order valence-corrected chi connectivity index (χ0v) is 17.9. The van der Waals surface area contributed by atoms with E-state index in [0.717, 1.165) is 49.9 Å². The summed E-state index contributed by atoms with van der Waals surface area (Å²) in [5, 5.41) is 16.7. The Morgan fingerprint density at radius 2 is 1.80 bits per heavy atom. The molecule has 0 radical (unpaired) electrons. The van der Waals surface area contributed by atoms with E-state index in [1.54, 1.807) is 14.2 Å². The van der Waals surface area contributed by atoms with Gasteiger partial charge in [0.05, 0.1) is 13.7 Å². The lowest BCUT2D eigenvalue weighted by Gasteiger charge is -2.38. The Kier molecular flexibility index (Phi) is 8.11. The van der Waals surface area contributed by atoms with Gasteiger partial charge in [0.1, 0.15) is 5.75 Å². The number of hydrogen-bond acceptors (Lipinski definition) is 4. The van der Waals surface area contributed by atoms with Gasteiger partial charge >= 0.3 is 0 Å². The molecule has 0 aliphatic carbocycles. The van der Waals surface area contributed by atoms with Crippen molar-refractivity contribution in [3.8, 4) is 5.75 Å². The molecule has 6 nitrogen and oxygen atoms in total. The summed E-state index contributed by atoms with van der Waals surface area (Å²) in [6.07, 6.45) is 1.90. The van der Waals surface area contributed by atoms with Gasteiger partial charge in [0, 0.05) is 44.7 Å². The molecule has 3 rings (SSSR count). The van der Waals surface area contributed by atoms with Crippen molar-refractivity contribution < 1.29 is 14.6 Å². The Balaban J connectivity index is 1.64. The molecule has 3 N–H and O–H groups in total. The summed E-state index contributed by atoms with van der Waals surface area (Å²) >= 11 is 0. The van der Waals surface area contributed by atoms with Crippen molar-refractivity contribution in [2.45, 2.75) is 24.2 Å². The second-order valence-corrected chi connectivity index (χ2v) is 7.72. The molecule has 0 bridgehead atoms. The molecule has 30 heavy (non-hydrogen) atoms. The van der Waals surface area contributed by atoms with Crippen molar-refractivity contribution in [3.05, 3.63) is 65.7 Å². The highest BCUT2D eigenvalue weighted by Crippen LogP contribution is 2.35. The van der Waals surface area contributed by atoms with Gasteiger partial charge in [-0.1, -0.05) is 42.5 Å². The Bertz CT molecular complexity index is 787. The normalized spacial score (nSPS) is 17.2. The smallest absolute Gasteiger partial charge is 0.191 e. The largest absolute Gasteiger partial charge is 0.497 e. The quantitative estimate of drug-likeness (QED) is 0.460. The lowest BCUT2D eigenvalue weighted by molar-refractivity contribution is 0.0513. The van der Waals surface area contributed by atoms with E-state index in [9.17, 15) is 5.11 Å². The minimum absolute atomic E-state index is 0.0159. The number of aliphatic hydroxyl groups excluding tert-OH is 1. The molecular formula is C24H33N3O3. The molecule has 0 saturated carbocycles. The zero-order chi connectivity index (χ0) is 21.2. The van der Waals surface area contributed by atoms with Gasteiger partial charge in [-0.15, -0.1) is 0 Å². The maximum absolute atomic E-state index is 9.81. The number of benzene rings is 2. The van der Waals surface area contributed by atoms with Crippen molar-refractivity contribution >= 4 is 5.96 Å². The van der Waals surface area contributed by atoms with E-state index in [0.29, 0.717) is 6.54 Å². The van der Waals surface area contributed by atoms with Crippen molar-refractivity contribution in [2.24, 2.45) is 4.99 Å². The van der Waals surface area contributed by atoms with Gasteiger partial charge < -0.3 is 25.2 Å². The Hall–Kier alpha value is -2.57.